The van der Waals surface area contributed by atoms with Crippen LogP contribution >= 0.6 is 11.8 Å². The number of nitrogens with zero attached hydrogens (tertiary/aromatic N) is 3. The number of fused-ring (bicyclic) bond motifs is 1. The summed E-state index contributed by atoms with van der Waals surface area (Å²) < 4.78 is 8.34. The molecule has 3 N–H and O–H groups in total. The third kappa shape index (κ3) is 4.24. The molecule has 2 aromatic heterocycles. The number of benzene rings is 1. The Morgan fingerprint density at radius 3 is 2.74 bits per heavy atom. The molecule has 0 amide bonds. The second kappa shape index (κ2) is 8.42. The summed E-state index contributed by atoms with van der Waals surface area (Å²) in [5.74, 6) is 0.994. The van der Waals surface area contributed by atoms with Crippen molar-refractivity contribution in [3.05, 3.63) is 51.2 Å². The monoisotopic (exact) mass is 392 g/mol. The van der Waals surface area contributed by atoms with Gasteiger partial charge in [0, 0.05) is 12.8 Å². The molecular formula is C17H20N4O5S. The molecule has 1 aromatic carbocycles. The Hall–Kier alpha value is -2.56. The van der Waals surface area contributed by atoms with Crippen LogP contribution in [-0.2, 0) is 13.6 Å². The van der Waals surface area contributed by atoms with E-state index in [2.05, 4.69) is 9.97 Å². The number of H-pyrrole nitrogens is 1. The minimum Gasteiger partial charge on any atom is -0.491 e. The fraction of sp³-hybridized carbons (Fsp3) is 0.353. The van der Waals surface area contributed by atoms with Gasteiger partial charge in [-0.2, -0.15) is 0 Å². The van der Waals surface area contributed by atoms with E-state index in [9.17, 15) is 14.7 Å². The van der Waals surface area contributed by atoms with Crippen molar-refractivity contribution in [3.8, 4) is 5.75 Å². The molecule has 0 unspecified atom stereocenters. The number of rotatable bonds is 8. The number of aliphatic hydroxyl groups excluding tert-OH is 2. The van der Waals surface area contributed by atoms with Crippen molar-refractivity contribution in [2.24, 2.45) is 7.05 Å². The molecule has 0 radical (unpaired) electrons. The molecule has 27 heavy (non-hydrogen) atoms. The third-order valence-electron chi connectivity index (χ3n) is 3.87. The van der Waals surface area contributed by atoms with Gasteiger partial charge in [-0.05, 0) is 12.1 Å². The summed E-state index contributed by atoms with van der Waals surface area (Å²) in [4.78, 5) is 30.7. The maximum atomic E-state index is 12.3. The quantitative estimate of drug-likeness (QED) is 0.459. The molecular weight excluding hydrogens is 372 g/mol. The number of aliphatic hydroxyl groups is 2. The lowest BCUT2D eigenvalue weighted by Crippen LogP contribution is -2.30. The van der Waals surface area contributed by atoms with Crippen molar-refractivity contribution < 1.29 is 14.9 Å². The highest BCUT2D eigenvalue weighted by Crippen LogP contribution is 2.21. The Bertz CT molecular complexity index is 1030. The third-order valence-corrected chi connectivity index (χ3v) is 4.83. The first-order valence-electron chi connectivity index (χ1n) is 8.30. The van der Waals surface area contributed by atoms with E-state index in [-0.39, 0.29) is 30.9 Å². The number of thioether (sulfide) groups is 1. The van der Waals surface area contributed by atoms with Crippen LogP contribution < -0.4 is 16.0 Å². The fourth-order valence-corrected chi connectivity index (χ4v) is 3.35. The SMILES string of the molecule is Cn1c(=O)[nH]c(=O)c2c1nc(SCCO)n2C[C@H](O)COc1ccccc1. The molecule has 0 saturated heterocycles. The number of nitrogens with one attached hydrogen (secondary N) is 1. The number of ether oxygens (including phenoxy) is 1. The molecule has 3 rings (SSSR count). The average molecular weight is 392 g/mol. The first-order chi connectivity index (χ1) is 13.0. The maximum Gasteiger partial charge on any atom is 0.329 e. The second-order valence-corrected chi connectivity index (χ2v) is 6.91. The average Bonchev–Trinajstić information content (AvgIpc) is 3.02. The Morgan fingerprint density at radius 1 is 1.30 bits per heavy atom. The molecule has 0 bridgehead atoms. The van der Waals surface area contributed by atoms with Gasteiger partial charge >= 0.3 is 5.69 Å². The van der Waals surface area contributed by atoms with Gasteiger partial charge < -0.3 is 19.5 Å². The molecule has 2 heterocycles. The van der Waals surface area contributed by atoms with Crippen LogP contribution in [0.1, 0.15) is 0 Å². The van der Waals surface area contributed by atoms with Crippen molar-refractivity contribution in [1.29, 1.82) is 0 Å². The molecule has 0 aliphatic heterocycles. The predicted octanol–water partition coefficient (Wildman–Crippen LogP) is -0.0524. The minimum absolute atomic E-state index is 0.0253. The highest BCUT2D eigenvalue weighted by Gasteiger charge is 2.20. The van der Waals surface area contributed by atoms with E-state index in [1.54, 1.807) is 16.7 Å². The molecule has 0 fully saturated rings. The number of hydrogen-bond donors (Lipinski definition) is 3. The first kappa shape index (κ1) is 19.2. The number of aromatic nitrogens is 4. The first-order valence-corrected chi connectivity index (χ1v) is 9.29. The van der Waals surface area contributed by atoms with Crippen LogP contribution in [0.4, 0.5) is 0 Å². The molecule has 0 aliphatic carbocycles. The van der Waals surface area contributed by atoms with Crippen LogP contribution in [0, 0.1) is 0 Å². The highest BCUT2D eigenvalue weighted by atomic mass is 32.2. The summed E-state index contributed by atoms with van der Waals surface area (Å²) in [6.07, 6.45) is -0.910. The number of aromatic amines is 1. The van der Waals surface area contributed by atoms with Crippen LogP contribution in [0.15, 0.2) is 45.1 Å². The summed E-state index contributed by atoms with van der Waals surface area (Å²) >= 11 is 1.23. The summed E-state index contributed by atoms with van der Waals surface area (Å²) in [5, 5.41) is 19.9. The highest BCUT2D eigenvalue weighted by molar-refractivity contribution is 7.99. The van der Waals surface area contributed by atoms with Crippen LogP contribution in [0.5, 0.6) is 5.75 Å². The zero-order chi connectivity index (χ0) is 19.4. The van der Waals surface area contributed by atoms with Crippen molar-refractivity contribution >= 4 is 22.9 Å². The Balaban J connectivity index is 1.90. The Kier molecular flexibility index (Phi) is 5.99. The minimum atomic E-state index is -0.910. The van der Waals surface area contributed by atoms with Gasteiger partial charge in [0.1, 0.15) is 18.5 Å². The molecule has 3 aromatic rings. The van der Waals surface area contributed by atoms with Gasteiger partial charge in [-0.3, -0.25) is 14.3 Å². The van der Waals surface area contributed by atoms with Crippen molar-refractivity contribution in [2.75, 3.05) is 19.0 Å². The zero-order valence-corrected chi connectivity index (χ0v) is 15.5. The lowest BCUT2D eigenvalue weighted by atomic mass is 10.3. The van der Waals surface area contributed by atoms with E-state index in [4.69, 9.17) is 9.84 Å². The van der Waals surface area contributed by atoms with Gasteiger partial charge in [0.05, 0.1) is 13.2 Å². The number of hydrogen-bond acceptors (Lipinski definition) is 7. The summed E-state index contributed by atoms with van der Waals surface area (Å²) in [7, 11) is 1.51. The van der Waals surface area contributed by atoms with Crippen molar-refractivity contribution in [1.82, 2.24) is 19.1 Å². The number of para-hydroxylation sites is 1. The molecule has 0 saturated carbocycles. The van der Waals surface area contributed by atoms with Crippen molar-refractivity contribution in [3.63, 3.8) is 0 Å². The second-order valence-electron chi connectivity index (χ2n) is 5.85. The molecule has 10 heteroatoms. The summed E-state index contributed by atoms with van der Waals surface area (Å²) in [6, 6.07) is 9.08. The zero-order valence-electron chi connectivity index (χ0n) is 14.7. The lowest BCUT2D eigenvalue weighted by molar-refractivity contribution is 0.0914. The molecule has 144 valence electrons. The van der Waals surface area contributed by atoms with Gasteiger partial charge in [-0.1, -0.05) is 30.0 Å². The van der Waals surface area contributed by atoms with Crippen LogP contribution in [0.3, 0.4) is 0 Å². The standard InChI is InChI=1S/C17H20N4O5S/c1-20-14-13(15(24)19-16(20)25)21(17(18-14)27-8-7-22)9-11(23)10-26-12-5-3-2-4-6-12/h2-6,11,22-23H,7-10H2,1H3,(H,19,24,25)/t11-/m0/s1. The summed E-state index contributed by atoms with van der Waals surface area (Å²) in [5.41, 5.74) is -0.729. The van der Waals surface area contributed by atoms with E-state index in [0.717, 1.165) is 0 Å². The smallest absolute Gasteiger partial charge is 0.329 e. The Labute approximate surface area is 158 Å². The van der Waals surface area contributed by atoms with E-state index >= 15 is 0 Å². The number of aryl methyl sites for hydroxylation is 1. The number of imidazole rings is 1. The van der Waals surface area contributed by atoms with Gasteiger partial charge in [-0.25, -0.2) is 9.78 Å². The molecule has 9 nitrogen and oxygen atoms in total. The van der Waals surface area contributed by atoms with Gasteiger partial charge in [0.25, 0.3) is 5.56 Å². The Morgan fingerprint density at radius 2 is 2.04 bits per heavy atom. The van der Waals surface area contributed by atoms with Gasteiger partial charge in [0.2, 0.25) is 0 Å². The van der Waals surface area contributed by atoms with Crippen molar-refractivity contribution in [2.45, 2.75) is 17.8 Å². The fourth-order valence-electron chi connectivity index (χ4n) is 2.60. The largest absolute Gasteiger partial charge is 0.491 e. The van der Waals surface area contributed by atoms with Crippen LogP contribution in [0.25, 0.3) is 11.2 Å². The van der Waals surface area contributed by atoms with Gasteiger partial charge in [0.15, 0.2) is 16.3 Å². The molecule has 0 aliphatic rings. The van der Waals surface area contributed by atoms with E-state index in [0.29, 0.717) is 16.7 Å². The van der Waals surface area contributed by atoms with E-state index < -0.39 is 17.4 Å². The topological polar surface area (TPSA) is 122 Å². The van der Waals surface area contributed by atoms with Crippen LogP contribution in [-0.4, -0.2) is 54.4 Å². The normalized spacial score (nSPS) is 12.4. The van der Waals surface area contributed by atoms with Gasteiger partial charge in [-0.15, -0.1) is 0 Å². The maximum absolute atomic E-state index is 12.3. The summed E-state index contributed by atoms with van der Waals surface area (Å²) in [6.45, 7) is 0.0126. The lowest BCUT2D eigenvalue weighted by Gasteiger charge is -2.15. The van der Waals surface area contributed by atoms with E-state index in [1.165, 1.54) is 23.4 Å². The predicted molar refractivity (Wildman–Crippen MR) is 101 cm³/mol. The van der Waals surface area contributed by atoms with E-state index in [1.807, 2.05) is 18.2 Å². The molecule has 1 atom stereocenters. The van der Waals surface area contributed by atoms with Crippen LogP contribution in [0.2, 0.25) is 0 Å². The molecule has 0 spiro atoms.